The molecule has 200 valence electrons. The number of aromatic nitrogens is 1. The summed E-state index contributed by atoms with van der Waals surface area (Å²) < 4.78 is 0. The van der Waals surface area contributed by atoms with Gasteiger partial charge in [0.05, 0.1) is 16.3 Å². The van der Waals surface area contributed by atoms with Crippen LogP contribution in [-0.4, -0.2) is 22.7 Å². The molecular formula is C32H21ClN4O3S. The molecule has 0 saturated heterocycles. The molecule has 0 bridgehead atoms. The summed E-state index contributed by atoms with van der Waals surface area (Å²) in [6.45, 7) is 0. The third-order valence-electron chi connectivity index (χ3n) is 6.37. The molecule has 0 unspecified atom stereocenters. The summed E-state index contributed by atoms with van der Waals surface area (Å²) in [5, 5.41) is 6.06. The van der Waals surface area contributed by atoms with Gasteiger partial charge in [-0.25, -0.2) is 9.88 Å². The standard InChI is InChI=1S/C32H21ClN4O3S/c33-25-27(31(40)37(30(25)39)24-17-8-3-9-18-24)34-23-16-10-15-22(19-23)29(38)36-32-35-26(20-11-4-1-5-12-20)28(41-32)21-13-6-2-7-14-21/h1-19,34H,(H,35,36,38). The van der Waals surface area contributed by atoms with Crippen molar-refractivity contribution in [1.29, 1.82) is 0 Å². The van der Waals surface area contributed by atoms with E-state index in [4.69, 9.17) is 16.6 Å². The Morgan fingerprint density at radius 3 is 2.07 bits per heavy atom. The second kappa shape index (κ2) is 11.2. The molecule has 0 saturated carbocycles. The Labute approximate surface area is 244 Å². The summed E-state index contributed by atoms with van der Waals surface area (Å²) in [5.74, 6) is -1.57. The molecule has 3 amide bonds. The predicted molar refractivity (Wildman–Crippen MR) is 163 cm³/mol. The fraction of sp³-hybridized carbons (Fsp3) is 0. The van der Waals surface area contributed by atoms with Gasteiger partial charge in [-0.05, 0) is 35.9 Å². The first-order chi connectivity index (χ1) is 20.0. The van der Waals surface area contributed by atoms with E-state index in [1.54, 1.807) is 54.6 Å². The first-order valence-corrected chi connectivity index (χ1v) is 13.8. The molecule has 7 nitrogen and oxygen atoms in total. The van der Waals surface area contributed by atoms with Crippen LogP contribution in [0.1, 0.15) is 10.4 Å². The third-order valence-corrected chi connectivity index (χ3v) is 7.74. The van der Waals surface area contributed by atoms with Gasteiger partial charge in [-0.2, -0.15) is 0 Å². The number of carbonyl (C=O) groups excluding carboxylic acids is 3. The monoisotopic (exact) mass is 576 g/mol. The number of imide groups is 1. The molecule has 0 aliphatic carbocycles. The maximum absolute atomic E-state index is 13.3. The van der Waals surface area contributed by atoms with E-state index in [9.17, 15) is 14.4 Å². The molecule has 0 spiro atoms. The van der Waals surface area contributed by atoms with Crippen LogP contribution in [0.4, 0.5) is 16.5 Å². The quantitative estimate of drug-likeness (QED) is 0.200. The number of para-hydroxylation sites is 1. The Bertz CT molecular complexity index is 1750. The number of amides is 3. The molecule has 0 radical (unpaired) electrons. The summed E-state index contributed by atoms with van der Waals surface area (Å²) in [6, 6.07) is 34.8. The Morgan fingerprint density at radius 1 is 0.756 bits per heavy atom. The van der Waals surface area contributed by atoms with Gasteiger partial charge in [-0.1, -0.05) is 108 Å². The van der Waals surface area contributed by atoms with Crippen LogP contribution in [0.15, 0.2) is 126 Å². The zero-order chi connectivity index (χ0) is 28.3. The highest BCUT2D eigenvalue weighted by Crippen LogP contribution is 2.39. The number of nitrogens with zero attached hydrogens (tertiary/aromatic N) is 2. The largest absolute Gasteiger partial charge is 0.350 e. The van der Waals surface area contributed by atoms with E-state index < -0.39 is 11.8 Å². The van der Waals surface area contributed by atoms with Crippen LogP contribution in [-0.2, 0) is 9.59 Å². The smallest absolute Gasteiger partial charge is 0.283 e. The van der Waals surface area contributed by atoms with Crippen molar-refractivity contribution in [3.05, 3.63) is 132 Å². The Morgan fingerprint density at radius 2 is 1.39 bits per heavy atom. The van der Waals surface area contributed by atoms with Crippen LogP contribution >= 0.6 is 22.9 Å². The minimum absolute atomic E-state index is 0.0574. The number of anilines is 3. The highest BCUT2D eigenvalue weighted by Gasteiger charge is 2.38. The van der Waals surface area contributed by atoms with Gasteiger partial charge in [-0.3, -0.25) is 19.7 Å². The second-order valence-corrected chi connectivity index (χ2v) is 10.4. The summed E-state index contributed by atoms with van der Waals surface area (Å²) in [6.07, 6.45) is 0. The van der Waals surface area contributed by atoms with Gasteiger partial charge in [0, 0.05) is 16.8 Å². The summed E-state index contributed by atoms with van der Waals surface area (Å²) in [5.41, 5.74) is 3.84. The van der Waals surface area contributed by atoms with Crippen molar-refractivity contribution in [1.82, 2.24) is 4.98 Å². The van der Waals surface area contributed by atoms with Gasteiger partial charge in [0.15, 0.2) is 5.13 Å². The topological polar surface area (TPSA) is 91.4 Å². The molecule has 0 atom stereocenters. The summed E-state index contributed by atoms with van der Waals surface area (Å²) in [7, 11) is 0. The van der Waals surface area contributed by atoms with Crippen molar-refractivity contribution < 1.29 is 14.4 Å². The van der Waals surface area contributed by atoms with Gasteiger partial charge in [0.1, 0.15) is 10.7 Å². The molecule has 5 aromatic rings. The van der Waals surface area contributed by atoms with E-state index in [0.717, 1.165) is 26.6 Å². The molecule has 4 aromatic carbocycles. The van der Waals surface area contributed by atoms with Gasteiger partial charge < -0.3 is 5.32 Å². The third kappa shape index (κ3) is 5.26. The molecule has 0 fully saturated rings. The fourth-order valence-electron chi connectivity index (χ4n) is 4.43. The van der Waals surface area contributed by atoms with Crippen molar-refractivity contribution >= 4 is 57.2 Å². The lowest BCUT2D eigenvalue weighted by Gasteiger charge is -2.15. The van der Waals surface area contributed by atoms with Crippen molar-refractivity contribution in [3.63, 3.8) is 0 Å². The van der Waals surface area contributed by atoms with E-state index in [-0.39, 0.29) is 16.6 Å². The number of nitrogens with one attached hydrogen (secondary N) is 2. The van der Waals surface area contributed by atoms with Gasteiger partial charge in [0.2, 0.25) is 0 Å². The number of hydrogen-bond acceptors (Lipinski definition) is 6. The molecular weight excluding hydrogens is 556 g/mol. The molecule has 9 heteroatoms. The van der Waals surface area contributed by atoms with Crippen LogP contribution in [0.25, 0.3) is 21.7 Å². The molecule has 1 aromatic heterocycles. The zero-order valence-electron chi connectivity index (χ0n) is 21.4. The predicted octanol–water partition coefficient (Wildman–Crippen LogP) is 7.17. The molecule has 2 N–H and O–H groups in total. The SMILES string of the molecule is O=C(Nc1nc(-c2ccccc2)c(-c2ccccc2)s1)c1cccc(NC2=C(Cl)C(=O)N(c3ccccc3)C2=O)c1. The first-order valence-electron chi connectivity index (χ1n) is 12.6. The Hall–Kier alpha value is -5.05. The van der Waals surface area contributed by atoms with Crippen molar-refractivity contribution in [2.24, 2.45) is 0 Å². The number of thiazole rings is 1. The first kappa shape index (κ1) is 26.2. The van der Waals surface area contributed by atoms with Gasteiger partial charge in [-0.15, -0.1) is 0 Å². The average Bonchev–Trinajstić information content (AvgIpc) is 3.53. The highest BCUT2D eigenvalue weighted by atomic mass is 35.5. The van der Waals surface area contributed by atoms with Crippen LogP contribution in [0.2, 0.25) is 0 Å². The summed E-state index contributed by atoms with van der Waals surface area (Å²) >= 11 is 7.65. The van der Waals surface area contributed by atoms with Crippen LogP contribution < -0.4 is 15.5 Å². The molecule has 6 rings (SSSR count). The second-order valence-electron chi connectivity index (χ2n) is 9.06. The van der Waals surface area contributed by atoms with E-state index in [2.05, 4.69) is 10.6 Å². The average molecular weight is 577 g/mol. The maximum atomic E-state index is 13.3. The minimum Gasteiger partial charge on any atom is -0.350 e. The maximum Gasteiger partial charge on any atom is 0.283 e. The molecule has 2 heterocycles. The van der Waals surface area contributed by atoms with Crippen molar-refractivity contribution in [2.45, 2.75) is 0 Å². The number of rotatable bonds is 7. The lowest BCUT2D eigenvalue weighted by molar-refractivity contribution is -0.120. The van der Waals surface area contributed by atoms with Gasteiger partial charge in [0.25, 0.3) is 17.7 Å². The van der Waals surface area contributed by atoms with E-state index in [1.165, 1.54) is 11.3 Å². The number of halogens is 1. The van der Waals surface area contributed by atoms with E-state index in [0.29, 0.717) is 22.1 Å². The number of carbonyl (C=O) groups is 3. The molecule has 1 aliphatic rings. The molecule has 41 heavy (non-hydrogen) atoms. The Kier molecular flexibility index (Phi) is 7.16. The highest BCUT2D eigenvalue weighted by molar-refractivity contribution is 7.19. The van der Waals surface area contributed by atoms with Crippen LogP contribution in [0.5, 0.6) is 0 Å². The number of hydrogen-bond donors (Lipinski definition) is 2. The molecule has 1 aliphatic heterocycles. The fourth-order valence-corrected chi connectivity index (χ4v) is 5.63. The van der Waals surface area contributed by atoms with E-state index in [1.807, 2.05) is 60.7 Å². The van der Waals surface area contributed by atoms with Crippen molar-refractivity contribution in [2.75, 3.05) is 15.5 Å². The van der Waals surface area contributed by atoms with Crippen LogP contribution in [0.3, 0.4) is 0 Å². The van der Waals surface area contributed by atoms with Crippen molar-refractivity contribution in [3.8, 4) is 21.7 Å². The lowest BCUT2D eigenvalue weighted by Crippen LogP contribution is -2.32. The minimum atomic E-state index is -0.619. The van der Waals surface area contributed by atoms with Gasteiger partial charge >= 0.3 is 0 Å². The number of benzene rings is 4. The lowest BCUT2D eigenvalue weighted by atomic mass is 10.1. The Balaban J connectivity index is 1.24. The zero-order valence-corrected chi connectivity index (χ0v) is 22.9. The van der Waals surface area contributed by atoms with Crippen LogP contribution in [0, 0.1) is 0 Å². The van der Waals surface area contributed by atoms with E-state index >= 15 is 0 Å². The summed E-state index contributed by atoms with van der Waals surface area (Å²) in [4.78, 5) is 45.8. The normalized spacial score (nSPS) is 13.0.